The van der Waals surface area contributed by atoms with Gasteiger partial charge in [0.05, 0.1) is 5.56 Å². The predicted octanol–water partition coefficient (Wildman–Crippen LogP) is 0.958. The van der Waals surface area contributed by atoms with E-state index in [1.807, 2.05) is 12.1 Å². The molecule has 1 aromatic heterocycles. The van der Waals surface area contributed by atoms with E-state index in [4.69, 9.17) is 5.73 Å². The summed E-state index contributed by atoms with van der Waals surface area (Å²) in [7, 11) is 3.49. The Bertz CT molecular complexity index is 430. The Morgan fingerprint density at radius 1 is 1.53 bits per heavy atom. The molecule has 0 spiro atoms. The summed E-state index contributed by atoms with van der Waals surface area (Å²) in [5, 5.41) is 0. The van der Waals surface area contributed by atoms with Gasteiger partial charge >= 0.3 is 0 Å². The SMILES string of the molecule is CN(C)C(=O)c1ccc(N2CCCC(CN)C2)nc1. The highest BCUT2D eigenvalue weighted by Crippen LogP contribution is 2.21. The van der Waals surface area contributed by atoms with Crippen LogP contribution < -0.4 is 10.6 Å². The van der Waals surface area contributed by atoms with E-state index in [1.165, 1.54) is 6.42 Å². The van der Waals surface area contributed by atoms with E-state index >= 15 is 0 Å². The van der Waals surface area contributed by atoms with Crippen molar-refractivity contribution in [1.29, 1.82) is 0 Å². The minimum atomic E-state index is -0.0162. The fourth-order valence-electron chi connectivity index (χ4n) is 2.42. The molecular weight excluding hydrogens is 240 g/mol. The van der Waals surface area contributed by atoms with E-state index in [2.05, 4.69) is 9.88 Å². The maximum Gasteiger partial charge on any atom is 0.254 e. The van der Waals surface area contributed by atoms with Gasteiger partial charge in [-0.3, -0.25) is 4.79 Å². The van der Waals surface area contributed by atoms with Crippen molar-refractivity contribution in [3.8, 4) is 0 Å². The van der Waals surface area contributed by atoms with Crippen molar-refractivity contribution < 1.29 is 4.79 Å². The van der Waals surface area contributed by atoms with Crippen molar-refractivity contribution >= 4 is 11.7 Å². The Morgan fingerprint density at radius 3 is 2.89 bits per heavy atom. The molecule has 1 aliphatic heterocycles. The van der Waals surface area contributed by atoms with E-state index in [1.54, 1.807) is 25.2 Å². The zero-order chi connectivity index (χ0) is 13.8. The molecule has 1 saturated heterocycles. The average molecular weight is 262 g/mol. The summed E-state index contributed by atoms with van der Waals surface area (Å²) in [6.07, 6.45) is 4.01. The molecule has 0 radical (unpaired) electrons. The molecule has 2 heterocycles. The van der Waals surface area contributed by atoms with Gasteiger partial charge in [-0.25, -0.2) is 4.98 Å². The zero-order valence-corrected chi connectivity index (χ0v) is 11.7. The van der Waals surface area contributed by atoms with Crippen LogP contribution in [0.15, 0.2) is 18.3 Å². The highest BCUT2D eigenvalue weighted by molar-refractivity contribution is 5.93. The number of amides is 1. The number of hydrogen-bond acceptors (Lipinski definition) is 4. The van der Waals surface area contributed by atoms with Crippen LogP contribution in [0, 0.1) is 5.92 Å². The number of anilines is 1. The van der Waals surface area contributed by atoms with Gasteiger partial charge < -0.3 is 15.5 Å². The van der Waals surface area contributed by atoms with Crippen molar-refractivity contribution in [3.63, 3.8) is 0 Å². The van der Waals surface area contributed by atoms with Crippen LogP contribution in [-0.4, -0.2) is 49.5 Å². The van der Waals surface area contributed by atoms with Crippen molar-refractivity contribution in [2.45, 2.75) is 12.8 Å². The Morgan fingerprint density at radius 2 is 2.32 bits per heavy atom. The highest BCUT2D eigenvalue weighted by Gasteiger charge is 2.20. The molecule has 5 nitrogen and oxygen atoms in total. The van der Waals surface area contributed by atoms with Crippen molar-refractivity contribution in [2.24, 2.45) is 11.7 Å². The second-order valence-corrected chi connectivity index (χ2v) is 5.29. The molecule has 19 heavy (non-hydrogen) atoms. The summed E-state index contributed by atoms with van der Waals surface area (Å²) in [6, 6.07) is 3.77. The molecule has 1 aromatic rings. The van der Waals surface area contributed by atoms with Crippen LogP contribution in [0.2, 0.25) is 0 Å². The molecule has 2 N–H and O–H groups in total. The van der Waals surface area contributed by atoms with Crippen LogP contribution in [0.4, 0.5) is 5.82 Å². The van der Waals surface area contributed by atoms with Crippen LogP contribution in [0.25, 0.3) is 0 Å². The van der Waals surface area contributed by atoms with Gasteiger partial charge in [0.15, 0.2) is 0 Å². The lowest BCUT2D eigenvalue weighted by atomic mass is 9.98. The monoisotopic (exact) mass is 262 g/mol. The number of rotatable bonds is 3. The molecule has 5 heteroatoms. The number of nitrogens with zero attached hydrogens (tertiary/aromatic N) is 3. The summed E-state index contributed by atoms with van der Waals surface area (Å²) >= 11 is 0. The van der Waals surface area contributed by atoms with Gasteiger partial charge in [-0.1, -0.05) is 0 Å². The molecule has 1 atom stereocenters. The van der Waals surface area contributed by atoms with Gasteiger partial charge in [0.25, 0.3) is 5.91 Å². The van der Waals surface area contributed by atoms with Crippen LogP contribution in [0.5, 0.6) is 0 Å². The average Bonchev–Trinajstić information content (AvgIpc) is 2.46. The van der Waals surface area contributed by atoms with E-state index in [0.717, 1.165) is 31.9 Å². The van der Waals surface area contributed by atoms with E-state index in [9.17, 15) is 4.79 Å². The first-order valence-electron chi connectivity index (χ1n) is 6.74. The van der Waals surface area contributed by atoms with E-state index < -0.39 is 0 Å². The Labute approximate surface area is 114 Å². The molecule has 0 bridgehead atoms. The molecule has 104 valence electrons. The number of nitrogens with two attached hydrogens (primary N) is 1. The van der Waals surface area contributed by atoms with E-state index in [-0.39, 0.29) is 5.91 Å². The maximum atomic E-state index is 11.8. The van der Waals surface area contributed by atoms with Gasteiger partial charge in [-0.05, 0) is 37.4 Å². The van der Waals surface area contributed by atoms with Crippen molar-refractivity contribution in [3.05, 3.63) is 23.9 Å². The van der Waals surface area contributed by atoms with Crippen LogP contribution in [-0.2, 0) is 0 Å². The minimum Gasteiger partial charge on any atom is -0.356 e. The topological polar surface area (TPSA) is 62.5 Å². The zero-order valence-electron chi connectivity index (χ0n) is 11.7. The maximum absolute atomic E-state index is 11.8. The lowest BCUT2D eigenvalue weighted by Crippen LogP contribution is -2.38. The van der Waals surface area contributed by atoms with Crippen LogP contribution >= 0.6 is 0 Å². The van der Waals surface area contributed by atoms with E-state index in [0.29, 0.717) is 11.5 Å². The summed E-state index contributed by atoms with van der Waals surface area (Å²) in [5.41, 5.74) is 6.37. The molecule has 0 saturated carbocycles. The summed E-state index contributed by atoms with van der Waals surface area (Å²) < 4.78 is 0. The smallest absolute Gasteiger partial charge is 0.254 e. The fourth-order valence-corrected chi connectivity index (χ4v) is 2.42. The third-order valence-corrected chi connectivity index (χ3v) is 3.58. The number of aromatic nitrogens is 1. The van der Waals surface area contributed by atoms with Gasteiger partial charge in [-0.15, -0.1) is 0 Å². The highest BCUT2D eigenvalue weighted by atomic mass is 16.2. The largest absolute Gasteiger partial charge is 0.356 e. The van der Waals surface area contributed by atoms with Crippen molar-refractivity contribution in [2.75, 3.05) is 38.6 Å². The Hall–Kier alpha value is -1.62. The van der Waals surface area contributed by atoms with Gasteiger partial charge in [-0.2, -0.15) is 0 Å². The second-order valence-electron chi connectivity index (χ2n) is 5.29. The molecule has 2 rings (SSSR count). The van der Waals surface area contributed by atoms with Gasteiger partial charge in [0, 0.05) is 33.4 Å². The van der Waals surface area contributed by atoms with Crippen LogP contribution in [0.1, 0.15) is 23.2 Å². The molecule has 0 aliphatic carbocycles. The normalized spacial score (nSPS) is 19.3. The molecule has 1 fully saturated rings. The Kier molecular flexibility index (Phi) is 4.37. The first kappa shape index (κ1) is 13.8. The van der Waals surface area contributed by atoms with Crippen LogP contribution in [0.3, 0.4) is 0 Å². The predicted molar refractivity (Wildman–Crippen MR) is 76.2 cm³/mol. The second kappa shape index (κ2) is 6.02. The lowest BCUT2D eigenvalue weighted by molar-refractivity contribution is 0.0827. The molecule has 0 aromatic carbocycles. The first-order valence-corrected chi connectivity index (χ1v) is 6.74. The third-order valence-electron chi connectivity index (χ3n) is 3.58. The lowest BCUT2D eigenvalue weighted by Gasteiger charge is -2.33. The minimum absolute atomic E-state index is 0.0162. The summed E-state index contributed by atoms with van der Waals surface area (Å²) in [6.45, 7) is 2.71. The molecule has 1 amide bonds. The first-order chi connectivity index (χ1) is 9.11. The third kappa shape index (κ3) is 3.23. The number of pyridine rings is 1. The number of carbonyl (C=O) groups excluding carboxylic acids is 1. The summed E-state index contributed by atoms with van der Waals surface area (Å²) in [5.74, 6) is 1.48. The summed E-state index contributed by atoms with van der Waals surface area (Å²) in [4.78, 5) is 20.0. The standard InChI is InChI=1S/C14H22N4O/c1-17(2)14(19)12-5-6-13(16-9-12)18-7-3-4-11(8-15)10-18/h5-6,9,11H,3-4,7-8,10,15H2,1-2H3. The van der Waals surface area contributed by atoms with Gasteiger partial charge in [0.1, 0.15) is 5.82 Å². The molecule has 1 aliphatic rings. The number of carbonyl (C=O) groups is 1. The molecular formula is C14H22N4O. The number of hydrogen-bond donors (Lipinski definition) is 1. The fraction of sp³-hybridized carbons (Fsp3) is 0.571. The van der Waals surface area contributed by atoms with Crippen molar-refractivity contribution in [1.82, 2.24) is 9.88 Å². The number of piperidine rings is 1. The quantitative estimate of drug-likeness (QED) is 0.881. The Balaban J connectivity index is 2.07. The van der Waals surface area contributed by atoms with Gasteiger partial charge in [0.2, 0.25) is 0 Å². The molecule has 1 unspecified atom stereocenters.